The lowest BCUT2D eigenvalue weighted by Gasteiger charge is -2.20. The van der Waals surface area contributed by atoms with Gasteiger partial charge in [0.15, 0.2) is 0 Å². The molecule has 0 saturated heterocycles. The van der Waals surface area contributed by atoms with Crippen molar-refractivity contribution in [2.75, 3.05) is 10.6 Å². The Hall–Kier alpha value is -3.62. The zero-order chi connectivity index (χ0) is 23.7. The van der Waals surface area contributed by atoms with Crippen LogP contribution in [0.2, 0.25) is 10.0 Å². The van der Waals surface area contributed by atoms with Gasteiger partial charge in [-0.2, -0.15) is 10.8 Å². The molecule has 0 bridgehead atoms. The number of nitriles is 1. The van der Waals surface area contributed by atoms with Crippen LogP contribution in [0.3, 0.4) is 0 Å². The molecule has 0 unspecified atom stereocenters. The van der Waals surface area contributed by atoms with Crippen LogP contribution in [0.25, 0.3) is 10.9 Å². The van der Waals surface area contributed by atoms with E-state index in [1.807, 2.05) is 11.4 Å². The summed E-state index contributed by atoms with van der Waals surface area (Å²) in [5, 5.41) is 19.2. The van der Waals surface area contributed by atoms with Crippen molar-refractivity contribution in [1.82, 2.24) is 26.4 Å². The molecule has 0 saturated carbocycles. The third-order valence-corrected chi connectivity index (χ3v) is 6.29. The Kier molecular flexibility index (Phi) is 6.08. The number of aromatic nitrogens is 2. The maximum Gasteiger partial charge on any atom is 0.141 e. The Balaban J connectivity index is 1.59. The molecule has 8 nitrogen and oxygen atoms in total. The number of hydrazine groups is 2. The van der Waals surface area contributed by atoms with Gasteiger partial charge in [0.05, 0.1) is 43.7 Å². The Morgan fingerprint density at radius 1 is 1.12 bits per heavy atom. The lowest BCUT2D eigenvalue weighted by atomic mass is 10.1. The second kappa shape index (κ2) is 9.32. The molecular weight excluding hydrogens is 498 g/mol. The molecule has 2 aromatic carbocycles. The molecule has 3 heterocycles. The zero-order valence-electron chi connectivity index (χ0n) is 17.2. The zero-order valence-corrected chi connectivity index (χ0v) is 19.5. The maximum absolute atomic E-state index is 13.6. The van der Waals surface area contributed by atoms with Crippen molar-refractivity contribution in [3.8, 4) is 6.07 Å². The SMILES string of the molecule is N#Cc1cnc2c(Cl)cc(N[C@H](C3=CNNN3)c3cscn3)cc2c1Nc1ccc(F)c(Cl)c1. The first kappa shape index (κ1) is 22.2. The predicted octanol–water partition coefficient (Wildman–Crippen LogP) is 5.36. The minimum atomic E-state index is -0.534. The third-order valence-electron chi connectivity index (χ3n) is 5.11. The number of pyridine rings is 1. The van der Waals surface area contributed by atoms with Crippen LogP contribution in [-0.4, -0.2) is 9.97 Å². The Morgan fingerprint density at radius 2 is 1.97 bits per heavy atom. The Morgan fingerprint density at radius 3 is 2.68 bits per heavy atom. The van der Waals surface area contributed by atoms with Gasteiger partial charge in [0.1, 0.15) is 17.9 Å². The number of anilines is 3. The van der Waals surface area contributed by atoms with Crippen molar-refractivity contribution in [3.05, 3.63) is 86.4 Å². The summed E-state index contributed by atoms with van der Waals surface area (Å²) in [5.41, 5.74) is 14.6. The molecule has 12 heteroatoms. The molecule has 1 aliphatic heterocycles. The van der Waals surface area contributed by atoms with E-state index in [4.69, 9.17) is 23.2 Å². The smallest absolute Gasteiger partial charge is 0.141 e. The first-order valence-corrected chi connectivity index (χ1v) is 11.6. The first-order chi connectivity index (χ1) is 16.5. The molecule has 5 rings (SSSR count). The summed E-state index contributed by atoms with van der Waals surface area (Å²) in [4.78, 5) is 8.80. The summed E-state index contributed by atoms with van der Waals surface area (Å²) in [6, 6.07) is 9.68. The van der Waals surface area contributed by atoms with Gasteiger partial charge in [-0.15, -0.1) is 11.3 Å². The molecule has 34 heavy (non-hydrogen) atoms. The van der Waals surface area contributed by atoms with Gasteiger partial charge in [-0.25, -0.2) is 9.37 Å². The van der Waals surface area contributed by atoms with Gasteiger partial charge in [0, 0.05) is 34.5 Å². The van der Waals surface area contributed by atoms with Crippen molar-refractivity contribution in [1.29, 1.82) is 5.26 Å². The lowest BCUT2D eigenvalue weighted by molar-refractivity contribution is 0.582. The highest BCUT2D eigenvalue weighted by Crippen LogP contribution is 2.37. The molecule has 1 aliphatic rings. The van der Waals surface area contributed by atoms with Gasteiger partial charge in [-0.05, 0) is 30.3 Å². The largest absolute Gasteiger partial charge is 0.371 e. The van der Waals surface area contributed by atoms with E-state index in [1.165, 1.54) is 35.7 Å². The minimum absolute atomic E-state index is 0.0343. The van der Waals surface area contributed by atoms with E-state index in [-0.39, 0.29) is 11.1 Å². The monoisotopic (exact) mass is 512 g/mol. The highest BCUT2D eigenvalue weighted by atomic mass is 35.5. The number of fused-ring (bicyclic) bond motifs is 1. The number of nitrogens with one attached hydrogen (secondary N) is 5. The quantitative estimate of drug-likeness (QED) is 0.235. The fraction of sp³-hybridized carbons (Fsp3) is 0.0455. The van der Waals surface area contributed by atoms with E-state index < -0.39 is 5.82 Å². The lowest BCUT2D eigenvalue weighted by Crippen LogP contribution is -2.34. The van der Waals surface area contributed by atoms with Crippen LogP contribution in [0.15, 0.2) is 59.3 Å². The highest BCUT2D eigenvalue weighted by molar-refractivity contribution is 7.07. The minimum Gasteiger partial charge on any atom is -0.371 e. The second-order valence-corrected chi connectivity index (χ2v) is 8.78. The van der Waals surface area contributed by atoms with Gasteiger partial charge in [-0.1, -0.05) is 23.2 Å². The predicted molar refractivity (Wildman–Crippen MR) is 132 cm³/mol. The topological polar surface area (TPSA) is 110 Å². The fourth-order valence-corrected chi connectivity index (χ4v) is 4.56. The van der Waals surface area contributed by atoms with Gasteiger partial charge < -0.3 is 21.5 Å². The van der Waals surface area contributed by atoms with E-state index >= 15 is 0 Å². The van der Waals surface area contributed by atoms with E-state index in [0.717, 1.165) is 11.4 Å². The highest BCUT2D eigenvalue weighted by Gasteiger charge is 2.22. The number of halogens is 3. The van der Waals surface area contributed by atoms with Crippen LogP contribution >= 0.6 is 34.5 Å². The summed E-state index contributed by atoms with van der Waals surface area (Å²) in [5.74, 6) is -0.534. The summed E-state index contributed by atoms with van der Waals surface area (Å²) < 4.78 is 13.6. The number of rotatable bonds is 6. The van der Waals surface area contributed by atoms with Crippen molar-refractivity contribution in [2.45, 2.75) is 6.04 Å². The maximum atomic E-state index is 13.6. The van der Waals surface area contributed by atoms with Gasteiger partial charge in [0.2, 0.25) is 0 Å². The van der Waals surface area contributed by atoms with Crippen LogP contribution < -0.4 is 27.0 Å². The van der Waals surface area contributed by atoms with E-state index in [2.05, 4.69) is 43.1 Å². The van der Waals surface area contributed by atoms with E-state index in [0.29, 0.717) is 38.6 Å². The van der Waals surface area contributed by atoms with Gasteiger partial charge in [0.25, 0.3) is 0 Å². The molecule has 1 atom stereocenters. The van der Waals surface area contributed by atoms with Gasteiger partial charge >= 0.3 is 0 Å². The number of nitrogens with zero attached hydrogens (tertiary/aromatic N) is 3. The summed E-state index contributed by atoms with van der Waals surface area (Å²) in [6.07, 6.45) is 3.23. The molecule has 2 aromatic heterocycles. The van der Waals surface area contributed by atoms with Crippen molar-refractivity contribution < 1.29 is 4.39 Å². The second-order valence-electron chi connectivity index (χ2n) is 7.25. The van der Waals surface area contributed by atoms with E-state index in [9.17, 15) is 9.65 Å². The molecule has 170 valence electrons. The van der Waals surface area contributed by atoms with Crippen LogP contribution in [0.1, 0.15) is 17.3 Å². The number of benzene rings is 2. The first-order valence-electron chi connectivity index (χ1n) is 9.89. The summed E-state index contributed by atoms with van der Waals surface area (Å²) >= 11 is 14.0. The Bertz CT molecular complexity index is 1450. The Labute approximate surface area is 207 Å². The number of hydrogen-bond donors (Lipinski definition) is 5. The molecular formula is C22H15Cl2FN8S. The van der Waals surface area contributed by atoms with Crippen LogP contribution in [-0.2, 0) is 0 Å². The average Bonchev–Trinajstić information content (AvgIpc) is 3.55. The fourth-order valence-electron chi connectivity index (χ4n) is 3.54. The third kappa shape index (κ3) is 4.30. The van der Waals surface area contributed by atoms with Crippen molar-refractivity contribution in [3.63, 3.8) is 0 Å². The average molecular weight is 513 g/mol. The molecule has 0 radical (unpaired) electrons. The summed E-state index contributed by atoms with van der Waals surface area (Å²) in [7, 11) is 0. The van der Waals surface area contributed by atoms with E-state index in [1.54, 1.807) is 17.8 Å². The van der Waals surface area contributed by atoms with Crippen LogP contribution in [0.5, 0.6) is 0 Å². The van der Waals surface area contributed by atoms with Crippen LogP contribution in [0, 0.1) is 17.1 Å². The molecule has 0 spiro atoms. The standard InChI is InChI=1S/C22H15Cl2FN8S/c23-15-4-12(1-2-17(15)25)30-20-11(6-26)7-27-21-14(20)3-13(5-16(21)24)31-22(18-8-29-33-32-18)19-9-34-10-28-19/h1-5,7-10,22,29,31-33H,(H,27,30)/t22-/m1/s1. The van der Waals surface area contributed by atoms with Crippen LogP contribution in [0.4, 0.5) is 21.5 Å². The molecule has 0 fully saturated rings. The summed E-state index contributed by atoms with van der Waals surface area (Å²) in [6.45, 7) is 0. The van der Waals surface area contributed by atoms with Crippen molar-refractivity contribution >= 4 is 62.5 Å². The molecule has 4 aromatic rings. The normalized spacial score (nSPS) is 13.5. The molecule has 0 aliphatic carbocycles. The molecule has 0 amide bonds. The molecule has 5 N–H and O–H groups in total. The number of hydrogen-bond acceptors (Lipinski definition) is 9. The van der Waals surface area contributed by atoms with Gasteiger partial charge in [-0.3, -0.25) is 4.98 Å². The van der Waals surface area contributed by atoms with Crippen molar-refractivity contribution in [2.24, 2.45) is 0 Å². The number of thiazole rings is 1.